The first-order chi connectivity index (χ1) is 14.1. The molecule has 0 saturated heterocycles. The van der Waals surface area contributed by atoms with Crippen LogP contribution >= 0.6 is 11.8 Å². The molecule has 156 valence electrons. The van der Waals surface area contributed by atoms with Crippen LogP contribution in [0, 0.1) is 0 Å². The minimum absolute atomic E-state index is 0.108. The second kappa shape index (κ2) is 10.4. The van der Waals surface area contributed by atoms with Gasteiger partial charge in [0.15, 0.2) is 11.5 Å². The molecule has 1 amide bonds. The van der Waals surface area contributed by atoms with Crippen molar-refractivity contribution in [2.24, 2.45) is 0 Å². The molecule has 5 nitrogen and oxygen atoms in total. The fraction of sp³-hybridized carbons (Fsp3) is 0.435. The van der Waals surface area contributed by atoms with E-state index in [0.29, 0.717) is 34.7 Å². The third kappa shape index (κ3) is 5.60. The standard InChI is InChI=1S/C23H29NO4S/c1-4-29-19-11-10-18(14-19)24-23(25)17-12-20(26-2)22(21(13-17)27-3)28-15-16-8-6-5-7-9-16/h5-9,12-13,18-19H,4,10-11,14-15H2,1-3H3,(H,24,25)/t18-,19+/m0/s1. The van der Waals surface area contributed by atoms with Gasteiger partial charge in [0.25, 0.3) is 5.91 Å². The molecule has 3 rings (SSSR count). The number of ether oxygens (including phenoxy) is 3. The van der Waals surface area contributed by atoms with Gasteiger partial charge in [0.1, 0.15) is 6.61 Å². The average Bonchev–Trinajstić information content (AvgIpc) is 3.19. The van der Waals surface area contributed by atoms with Gasteiger partial charge in [-0.25, -0.2) is 0 Å². The average molecular weight is 416 g/mol. The quantitative estimate of drug-likeness (QED) is 0.644. The van der Waals surface area contributed by atoms with Crippen molar-refractivity contribution in [2.75, 3.05) is 20.0 Å². The molecule has 6 heteroatoms. The molecule has 0 spiro atoms. The number of carbonyl (C=O) groups excluding carboxylic acids is 1. The third-order valence-corrected chi connectivity index (χ3v) is 6.30. The van der Waals surface area contributed by atoms with Gasteiger partial charge in [0, 0.05) is 16.9 Å². The highest BCUT2D eigenvalue weighted by molar-refractivity contribution is 7.99. The van der Waals surface area contributed by atoms with E-state index in [-0.39, 0.29) is 11.9 Å². The number of carbonyl (C=O) groups is 1. The number of hydrogen-bond acceptors (Lipinski definition) is 5. The minimum atomic E-state index is -0.108. The summed E-state index contributed by atoms with van der Waals surface area (Å²) < 4.78 is 17.0. The highest BCUT2D eigenvalue weighted by Crippen LogP contribution is 2.39. The first kappa shape index (κ1) is 21.4. The van der Waals surface area contributed by atoms with Crippen molar-refractivity contribution in [1.82, 2.24) is 5.32 Å². The summed E-state index contributed by atoms with van der Waals surface area (Å²) in [5, 5.41) is 3.80. The van der Waals surface area contributed by atoms with Crippen molar-refractivity contribution < 1.29 is 19.0 Å². The number of methoxy groups -OCH3 is 2. The molecule has 0 bridgehead atoms. The summed E-state index contributed by atoms with van der Waals surface area (Å²) in [6.45, 7) is 2.56. The molecule has 0 aliphatic heterocycles. The lowest BCUT2D eigenvalue weighted by Gasteiger charge is -2.17. The smallest absolute Gasteiger partial charge is 0.251 e. The molecule has 2 atom stereocenters. The molecule has 0 radical (unpaired) electrons. The van der Waals surface area contributed by atoms with Crippen LogP contribution in [0.4, 0.5) is 0 Å². The predicted molar refractivity (Wildman–Crippen MR) is 117 cm³/mol. The van der Waals surface area contributed by atoms with Gasteiger partial charge >= 0.3 is 0 Å². The van der Waals surface area contributed by atoms with Crippen molar-refractivity contribution in [3.63, 3.8) is 0 Å². The third-order valence-electron chi connectivity index (χ3n) is 5.07. The Bertz CT molecular complexity index is 787. The van der Waals surface area contributed by atoms with Crippen molar-refractivity contribution in [1.29, 1.82) is 0 Å². The van der Waals surface area contributed by atoms with Gasteiger partial charge in [-0.15, -0.1) is 0 Å². The molecular formula is C23H29NO4S. The molecule has 1 saturated carbocycles. The summed E-state index contributed by atoms with van der Waals surface area (Å²) in [6, 6.07) is 13.5. The molecule has 1 N–H and O–H groups in total. The molecule has 2 aromatic rings. The summed E-state index contributed by atoms with van der Waals surface area (Å²) in [5.41, 5.74) is 1.55. The Morgan fingerprint density at radius 3 is 2.41 bits per heavy atom. The summed E-state index contributed by atoms with van der Waals surface area (Å²) >= 11 is 1.98. The summed E-state index contributed by atoms with van der Waals surface area (Å²) in [7, 11) is 3.13. The van der Waals surface area contributed by atoms with Crippen molar-refractivity contribution in [3.05, 3.63) is 53.6 Å². The fourth-order valence-corrected chi connectivity index (χ4v) is 4.75. The molecular weight excluding hydrogens is 386 g/mol. The van der Waals surface area contributed by atoms with Crippen LogP contribution in [-0.4, -0.2) is 37.2 Å². The Labute approximate surface area is 177 Å². The Hall–Kier alpha value is -2.34. The topological polar surface area (TPSA) is 56.8 Å². The van der Waals surface area contributed by atoms with Crippen LogP contribution in [0.15, 0.2) is 42.5 Å². The van der Waals surface area contributed by atoms with E-state index in [0.717, 1.165) is 30.6 Å². The molecule has 0 unspecified atom stereocenters. The highest BCUT2D eigenvalue weighted by Gasteiger charge is 2.27. The van der Waals surface area contributed by atoms with Gasteiger partial charge in [-0.05, 0) is 42.7 Å². The highest BCUT2D eigenvalue weighted by atomic mass is 32.2. The molecule has 0 heterocycles. The fourth-order valence-electron chi connectivity index (χ4n) is 3.61. The zero-order valence-electron chi connectivity index (χ0n) is 17.3. The van der Waals surface area contributed by atoms with E-state index in [2.05, 4.69) is 12.2 Å². The molecule has 1 fully saturated rings. The molecule has 0 aromatic heterocycles. The zero-order valence-corrected chi connectivity index (χ0v) is 18.1. The molecule has 29 heavy (non-hydrogen) atoms. The van der Waals surface area contributed by atoms with Crippen molar-refractivity contribution in [2.45, 2.75) is 44.1 Å². The van der Waals surface area contributed by atoms with Gasteiger partial charge in [0.2, 0.25) is 5.75 Å². The summed E-state index contributed by atoms with van der Waals surface area (Å²) in [4.78, 5) is 12.8. The second-order valence-corrected chi connectivity index (χ2v) is 8.62. The SMILES string of the molecule is CCS[C@@H]1CC[C@H](NC(=O)c2cc(OC)c(OCc3ccccc3)c(OC)c2)C1. The van der Waals surface area contributed by atoms with Crippen LogP contribution in [0.5, 0.6) is 17.2 Å². The lowest BCUT2D eigenvalue weighted by Crippen LogP contribution is -2.33. The summed E-state index contributed by atoms with van der Waals surface area (Å²) in [6.07, 6.45) is 3.20. The van der Waals surface area contributed by atoms with Crippen molar-refractivity contribution >= 4 is 17.7 Å². The maximum absolute atomic E-state index is 12.8. The predicted octanol–water partition coefficient (Wildman–Crippen LogP) is 4.69. The normalized spacial score (nSPS) is 18.3. The van der Waals surface area contributed by atoms with E-state index in [1.165, 1.54) is 0 Å². The van der Waals surface area contributed by atoms with Gasteiger partial charge in [-0.2, -0.15) is 11.8 Å². The van der Waals surface area contributed by atoms with E-state index < -0.39 is 0 Å². The summed E-state index contributed by atoms with van der Waals surface area (Å²) in [5.74, 6) is 2.47. The number of rotatable bonds is 9. The first-order valence-corrected chi connectivity index (χ1v) is 11.0. The number of amides is 1. The van der Waals surface area contributed by atoms with E-state index in [4.69, 9.17) is 14.2 Å². The minimum Gasteiger partial charge on any atom is -0.493 e. The van der Waals surface area contributed by atoms with Gasteiger partial charge < -0.3 is 19.5 Å². The van der Waals surface area contributed by atoms with Crippen LogP contribution in [0.2, 0.25) is 0 Å². The Morgan fingerprint density at radius 2 is 1.79 bits per heavy atom. The Balaban J connectivity index is 1.72. The van der Waals surface area contributed by atoms with Gasteiger partial charge in [-0.3, -0.25) is 4.79 Å². The van der Waals surface area contributed by atoms with E-state index in [9.17, 15) is 4.79 Å². The lowest BCUT2D eigenvalue weighted by atomic mass is 10.1. The van der Waals surface area contributed by atoms with E-state index >= 15 is 0 Å². The zero-order chi connectivity index (χ0) is 20.6. The Kier molecular flexibility index (Phi) is 7.69. The number of hydrogen-bond donors (Lipinski definition) is 1. The first-order valence-electron chi connectivity index (χ1n) is 9.99. The molecule has 2 aromatic carbocycles. The van der Waals surface area contributed by atoms with Crippen LogP contribution in [0.25, 0.3) is 0 Å². The van der Waals surface area contributed by atoms with E-state index in [1.54, 1.807) is 26.4 Å². The second-order valence-electron chi connectivity index (χ2n) is 7.04. The van der Waals surface area contributed by atoms with E-state index in [1.807, 2.05) is 42.1 Å². The number of thioether (sulfide) groups is 1. The monoisotopic (exact) mass is 415 g/mol. The number of nitrogens with one attached hydrogen (secondary N) is 1. The molecule has 1 aliphatic carbocycles. The van der Waals surface area contributed by atoms with Gasteiger partial charge in [-0.1, -0.05) is 37.3 Å². The Morgan fingerprint density at radius 1 is 1.10 bits per heavy atom. The maximum atomic E-state index is 12.8. The lowest BCUT2D eigenvalue weighted by molar-refractivity contribution is 0.0937. The van der Waals surface area contributed by atoms with Crippen molar-refractivity contribution in [3.8, 4) is 17.2 Å². The van der Waals surface area contributed by atoms with Crippen LogP contribution < -0.4 is 19.5 Å². The van der Waals surface area contributed by atoms with Crippen LogP contribution in [0.3, 0.4) is 0 Å². The largest absolute Gasteiger partial charge is 0.493 e. The van der Waals surface area contributed by atoms with Gasteiger partial charge in [0.05, 0.1) is 14.2 Å². The maximum Gasteiger partial charge on any atom is 0.251 e. The van der Waals surface area contributed by atoms with Crippen LogP contribution in [-0.2, 0) is 6.61 Å². The van der Waals surface area contributed by atoms with Crippen LogP contribution in [0.1, 0.15) is 42.1 Å². The number of benzene rings is 2. The molecule has 1 aliphatic rings.